The van der Waals surface area contributed by atoms with Crippen LogP contribution in [0.1, 0.15) is 0 Å². The number of benzene rings is 4. The predicted molar refractivity (Wildman–Crippen MR) is 121 cm³/mol. The number of nitrogens with one attached hydrogen (secondary N) is 2. The van der Waals surface area contributed by atoms with Crippen molar-refractivity contribution in [1.82, 2.24) is 15.0 Å². The van der Waals surface area contributed by atoms with E-state index < -0.39 is 0 Å². The van der Waals surface area contributed by atoms with Gasteiger partial charge in [0.2, 0.25) is 0 Å². The first kappa shape index (κ1) is 16.0. The van der Waals surface area contributed by atoms with Gasteiger partial charge in [-0.25, -0.2) is 4.98 Å². The number of halogens is 1. The van der Waals surface area contributed by atoms with Gasteiger partial charge in [0, 0.05) is 37.9 Å². The third kappa shape index (κ3) is 2.20. The second-order valence-corrected chi connectivity index (χ2v) is 7.97. The zero-order valence-corrected chi connectivity index (χ0v) is 16.3. The summed E-state index contributed by atoms with van der Waals surface area (Å²) in [5, 5.41) is 5.72. The molecule has 0 aliphatic carbocycles. The summed E-state index contributed by atoms with van der Waals surface area (Å²) in [6, 6.07) is 20.7. The fraction of sp³-hybridized carbons (Fsp3) is 0. The molecule has 2 radical (unpaired) electrons. The highest BCUT2D eigenvalue weighted by atomic mass is 79.9. The molecule has 2 heterocycles. The molecular weight excluding hydrogens is 409 g/mol. The van der Waals surface area contributed by atoms with Gasteiger partial charge in [-0.15, -0.1) is 0 Å². The quantitative estimate of drug-likeness (QED) is 0.264. The summed E-state index contributed by atoms with van der Waals surface area (Å²) < 4.78 is 1.04. The van der Waals surface area contributed by atoms with Crippen LogP contribution in [0.5, 0.6) is 0 Å². The Labute approximate surface area is 170 Å². The van der Waals surface area contributed by atoms with E-state index in [4.69, 9.17) is 12.8 Å². The highest BCUT2D eigenvalue weighted by Gasteiger charge is 2.16. The number of fused-ring (bicyclic) bond motifs is 7. The lowest BCUT2D eigenvalue weighted by Gasteiger charge is -2.06. The monoisotopic (exact) mass is 421 g/mol. The third-order valence-corrected chi connectivity index (χ3v) is 5.88. The number of aromatic nitrogens is 3. The number of hydrogen-bond acceptors (Lipinski definition) is 1. The van der Waals surface area contributed by atoms with Gasteiger partial charge in [0.25, 0.3) is 0 Å². The van der Waals surface area contributed by atoms with E-state index >= 15 is 0 Å². The molecule has 6 aromatic rings. The standard InChI is InChI=1S/C23H13BBrN3/c24-12-5-7-15-14-3-1-2-4-16(14)21-22(18(15)9-12)28-23(27-21)19-11-26-20-8-6-13(25)10-17(19)20/h1-11,26H,(H,27,28). The zero-order chi connectivity index (χ0) is 18.8. The summed E-state index contributed by atoms with van der Waals surface area (Å²) in [5.41, 5.74) is 4.85. The third-order valence-electron chi connectivity index (χ3n) is 5.39. The fourth-order valence-electron chi connectivity index (χ4n) is 4.11. The van der Waals surface area contributed by atoms with Crippen LogP contribution in [0.3, 0.4) is 0 Å². The van der Waals surface area contributed by atoms with Crippen LogP contribution in [-0.2, 0) is 0 Å². The Kier molecular flexibility index (Phi) is 3.26. The lowest BCUT2D eigenvalue weighted by Crippen LogP contribution is -2.00. The van der Waals surface area contributed by atoms with Gasteiger partial charge in [0.15, 0.2) is 0 Å². The minimum absolute atomic E-state index is 0.740. The van der Waals surface area contributed by atoms with Crippen molar-refractivity contribution in [2.24, 2.45) is 0 Å². The molecule has 6 rings (SSSR count). The van der Waals surface area contributed by atoms with Gasteiger partial charge in [-0.1, -0.05) is 63.9 Å². The predicted octanol–water partition coefficient (Wildman–Crippen LogP) is 5.57. The summed E-state index contributed by atoms with van der Waals surface area (Å²) in [4.78, 5) is 11.9. The van der Waals surface area contributed by atoms with Crippen LogP contribution in [0.4, 0.5) is 0 Å². The van der Waals surface area contributed by atoms with Crippen LogP contribution >= 0.6 is 15.9 Å². The van der Waals surface area contributed by atoms with E-state index in [1.807, 2.05) is 24.4 Å². The maximum atomic E-state index is 6.10. The number of hydrogen-bond donors (Lipinski definition) is 2. The van der Waals surface area contributed by atoms with Gasteiger partial charge in [-0.3, -0.25) is 0 Å². The number of imidazole rings is 1. The summed E-state index contributed by atoms with van der Waals surface area (Å²) >= 11 is 3.57. The Bertz CT molecular complexity index is 1540. The van der Waals surface area contributed by atoms with Crippen LogP contribution in [0.2, 0.25) is 0 Å². The van der Waals surface area contributed by atoms with Crippen molar-refractivity contribution in [2.45, 2.75) is 0 Å². The minimum Gasteiger partial charge on any atom is -0.360 e. The van der Waals surface area contributed by atoms with Crippen LogP contribution in [0.25, 0.3) is 54.9 Å². The average Bonchev–Trinajstić information content (AvgIpc) is 3.32. The van der Waals surface area contributed by atoms with Crippen molar-refractivity contribution in [3.8, 4) is 11.4 Å². The first-order valence-electron chi connectivity index (χ1n) is 9.06. The average molecular weight is 422 g/mol. The highest BCUT2D eigenvalue weighted by Crippen LogP contribution is 2.36. The molecule has 4 aromatic carbocycles. The van der Waals surface area contributed by atoms with Crippen LogP contribution in [-0.4, -0.2) is 22.8 Å². The molecule has 0 aliphatic heterocycles. The van der Waals surface area contributed by atoms with E-state index in [-0.39, 0.29) is 0 Å². The summed E-state index contributed by atoms with van der Waals surface area (Å²) in [7, 11) is 6.10. The van der Waals surface area contributed by atoms with Crippen LogP contribution in [0, 0.1) is 0 Å². The molecule has 2 N–H and O–H groups in total. The van der Waals surface area contributed by atoms with Crippen molar-refractivity contribution in [2.75, 3.05) is 0 Å². The molecule has 0 spiro atoms. The first-order chi connectivity index (χ1) is 13.7. The minimum atomic E-state index is 0.740. The molecule has 130 valence electrons. The van der Waals surface area contributed by atoms with Gasteiger partial charge in [-0.05, 0) is 29.0 Å². The molecular formula is C23H13BBrN3. The molecule has 0 saturated heterocycles. The molecule has 28 heavy (non-hydrogen) atoms. The SMILES string of the molecule is [B]c1ccc2c3ccccc3c3[nH]c(-c4c[nH]c5ccc(Br)cc45)nc3c2c1. The van der Waals surface area contributed by atoms with Crippen molar-refractivity contribution >= 4 is 72.7 Å². The molecule has 0 aliphatic rings. The molecule has 0 fully saturated rings. The molecule has 0 atom stereocenters. The molecule has 0 bridgehead atoms. The lowest BCUT2D eigenvalue weighted by molar-refractivity contribution is 1.34. The number of aromatic amines is 2. The highest BCUT2D eigenvalue weighted by molar-refractivity contribution is 9.10. The second-order valence-electron chi connectivity index (χ2n) is 7.05. The summed E-state index contributed by atoms with van der Waals surface area (Å²) in [5.74, 6) is 0.847. The van der Waals surface area contributed by atoms with Gasteiger partial charge in [-0.2, -0.15) is 0 Å². The zero-order valence-electron chi connectivity index (χ0n) is 14.8. The van der Waals surface area contributed by atoms with E-state index in [0.29, 0.717) is 0 Å². The van der Waals surface area contributed by atoms with E-state index in [1.165, 1.54) is 5.39 Å². The first-order valence-corrected chi connectivity index (χ1v) is 9.85. The van der Waals surface area contributed by atoms with Gasteiger partial charge >= 0.3 is 0 Å². The van der Waals surface area contributed by atoms with Gasteiger partial charge in [0.05, 0.1) is 11.0 Å². The molecule has 5 heteroatoms. The Hall–Kier alpha value is -3.05. The Morgan fingerprint density at radius 1 is 0.821 bits per heavy atom. The Morgan fingerprint density at radius 2 is 1.64 bits per heavy atom. The Balaban J connectivity index is 1.77. The maximum absolute atomic E-state index is 6.10. The number of rotatable bonds is 1. The molecule has 0 saturated carbocycles. The van der Waals surface area contributed by atoms with E-state index in [9.17, 15) is 0 Å². The van der Waals surface area contributed by atoms with Crippen molar-refractivity contribution in [3.63, 3.8) is 0 Å². The fourth-order valence-corrected chi connectivity index (χ4v) is 4.47. The van der Waals surface area contributed by atoms with E-state index in [0.717, 1.165) is 59.4 Å². The largest absolute Gasteiger partial charge is 0.360 e. The van der Waals surface area contributed by atoms with Crippen LogP contribution in [0.15, 0.2) is 71.3 Å². The van der Waals surface area contributed by atoms with Gasteiger partial charge in [0.1, 0.15) is 13.7 Å². The molecule has 3 nitrogen and oxygen atoms in total. The van der Waals surface area contributed by atoms with Crippen LogP contribution < -0.4 is 5.46 Å². The summed E-state index contributed by atoms with van der Waals surface area (Å²) in [6.45, 7) is 0. The maximum Gasteiger partial charge on any atom is 0.140 e. The lowest BCUT2D eigenvalue weighted by atomic mass is 9.91. The van der Waals surface area contributed by atoms with Crippen molar-refractivity contribution in [3.05, 3.63) is 71.3 Å². The smallest absolute Gasteiger partial charge is 0.140 e. The van der Waals surface area contributed by atoms with Crippen molar-refractivity contribution in [1.29, 1.82) is 0 Å². The molecule has 0 amide bonds. The normalized spacial score (nSPS) is 11.9. The van der Waals surface area contributed by atoms with E-state index in [1.54, 1.807) is 0 Å². The topological polar surface area (TPSA) is 44.5 Å². The van der Waals surface area contributed by atoms with E-state index in [2.05, 4.69) is 68.4 Å². The summed E-state index contributed by atoms with van der Waals surface area (Å²) in [6.07, 6.45) is 2.01. The second kappa shape index (κ2) is 5.73. The molecule has 0 unspecified atom stereocenters. The molecule has 2 aromatic heterocycles. The van der Waals surface area contributed by atoms with Crippen molar-refractivity contribution < 1.29 is 0 Å². The Morgan fingerprint density at radius 3 is 2.54 bits per heavy atom. The number of H-pyrrole nitrogens is 2. The number of nitrogens with zero attached hydrogens (tertiary/aromatic N) is 1. The van der Waals surface area contributed by atoms with Gasteiger partial charge < -0.3 is 9.97 Å².